The van der Waals surface area contributed by atoms with Crippen LogP contribution in [0.25, 0.3) is 0 Å². The molecule has 0 aliphatic heterocycles. The van der Waals surface area contributed by atoms with Gasteiger partial charge in [0.05, 0.1) is 0 Å². The van der Waals surface area contributed by atoms with Gasteiger partial charge >= 0.3 is 0 Å². The molecule has 0 spiro atoms. The third-order valence-electron chi connectivity index (χ3n) is 1.24. The summed E-state index contributed by atoms with van der Waals surface area (Å²) in [6, 6.07) is 9.07. The molecule has 0 fully saturated rings. The Morgan fingerprint density at radius 1 is 1.30 bits per heavy atom. The lowest BCUT2D eigenvalue weighted by Gasteiger charge is -1.90. The van der Waals surface area contributed by atoms with E-state index in [2.05, 4.69) is 6.58 Å². The predicted molar refractivity (Wildman–Crippen MR) is 41.0 cm³/mol. The van der Waals surface area contributed by atoms with Crippen LogP contribution >= 0.6 is 0 Å². The zero-order chi connectivity index (χ0) is 7.40. The molecule has 0 aliphatic carbocycles. The van der Waals surface area contributed by atoms with Crippen molar-refractivity contribution in [1.29, 1.82) is 0 Å². The second-order valence-electron chi connectivity index (χ2n) is 1.93. The second kappa shape index (κ2) is 2.97. The molecule has 0 N–H and O–H groups in total. The Balaban J connectivity index is 2.95. The highest BCUT2D eigenvalue weighted by Gasteiger charge is 1.95. The van der Waals surface area contributed by atoms with Crippen molar-refractivity contribution in [2.75, 3.05) is 0 Å². The van der Waals surface area contributed by atoms with Crippen molar-refractivity contribution >= 4 is 5.78 Å². The number of hydrogen-bond acceptors (Lipinski definition) is 1. The third-order valence-corrected chi connectivity index (χ3v) is 1.24. The molecule has 0 radical (unpaired) electrons. The Kier molecular flexibility index (Phi) is 2.00. The van der Waals surface area contributed by atoms with Gasteiger partial charge in [0, 0.05) is 5.56 Å². The molecule has 0 saturated carbocycles. The van der Waals surface area contributed by atoms with Gasteiger partial charge in [0.15, 0.2) is 5.78 Å². The topological polar surface area (TPSA) is 17.1 Å². The fourth-order valence-corrected chi connectivity index (χ4v) is 0.720. The molecule has 0 saturated heterocycles. The molecule has 0 unspecified atom stereocenters. The maximum Gasteiger partial charge on any atom is 0.185 e. The lowest BCUT2D eigenvalue weighted by molar-refractivity contribution is 0.104. The zero-order valence-electron chi connectivity index (χ0n) is 5.58. The molecule has 1 aromatic rings. The van der Waals surface area contributed by atoms with E-state index in [0.29, 0.717) is 5.56 Å². The van der Waals surface area contributed by atoms with Gasteiger partial charge in [0.1, 0.15) is 0 Å². The summed E-state index contributed by atoms with van der Waals surface area (Å²) in [7, 11) is 0. The molecule has 0 atom stereocenters. The SMILES string of the molecule is C=C[14C](=O)c1ccccc1. The van der Waals surface area contributed by atoms with Crippen molar-refractivity contribution in [1.82, 2.24) is 0 Å². The first-order chi connectivity index (χ1) is 4.84. The van der Waals surface area contributed by atoms with Crippen molar-refractivity contribution < 1.29 is 4.79 Å². The third kappa shape index (κ3) is 1.32. The highest BCUT2D eigenvalue weighted by Crippen LogP contribution is 1.99. The van der Waals surface area contributed by atoms with Gasteiger partial charge in [-0.25, -0.2) is 0 Å². The highest BCUT2D eigenvalue weighted by atomic mass is 16.3. The van der Waals surface area contributed by atoms with Gasteiger partial charge in [0.2, 0.25) is 0 Å². The molecule has 1 heteroatoms. The molecule has 10 heavy (non-hydrogen) atoms. The molecular formula is C9H8O. The van der Waals surface area contributed by atoms with Crippen molar-refractivity contribution in [2.24, 2.45) is 0 Å². The maximum atomic E-state index is 10.9. The summed E-state index contributed by atoms with van der Waals surface area (Å²) >= 11 is 0. The van der Waals surface area contributed by atoms with E-state index in [0.717, 1.165) is 0 Å². The van der Waals surface area contributed by atoms with Crippen LogP contribution in [0.4, 0.5) is 0 Å². The van der Waals surface area contributed by atoms with Crippen LogP contribution in [0.2, 0.25) is 0 Å². The summed E-state index contributed by atoms with van der Waals surface area (Å²) < 4.78 is 0. The standard InChI is InChI=1S/C9H8O/c1-2-9(10)8-6-4-3-5-7-8/h2-7H,1H2/i9+2. The van der Waals surface area contributed by atoms with Gasteiger partial charge in [-0.15, -0.1) is 0 Å². The van der Waals surface area contributed by atoms with Crippen molar-refractivity contribution in [2.45, 2.75) is 0 Å². The van der Waals surface area contributed by atoms with Gasteiger partial charge in [-0.05, 0) is 6.08 Å². The number of allylic oxidation sites excluding steroid dienone is 1. The largest absolute Gasteiger partial charge is 0.289 e. The molecular weight excluding hydrogens is 126 g/mol. The minimum Gasteiger partial charge on any atom is -0.289 e. The van der Waals surface area contributed by atoms with E-state index in [4.69, 9.17) is 0 Å². The number of hydrogen-bond donors (Lipinski definition) is 0. The van der Waals surface area contributed by atoms with Gasteiger partial charge in [-0.1, -0.05) is 36.9 Å². The van der Waals surface area contributed by atoms with Crippen LogP contribution in [0.3, 0.4) is 0 Å². The van der Waals surface area contributed by atoms with E-state index in [9.17, 15) is 4.79 Å². The molecule has 1 aromatic carbocycles. The Labute approximate surface area is 60.0 Å². The van der Waals surface area contributed by atoms with E-state index < -0.39 is 0 Å². The molecule has 1 nitrogen and oxygen atoms in total. The number of rotatable bonds is 2. The first-order valence-electron chi connectivity index (χ1n) is 3.06. The molecule has 0 amide bonds. The van der Waals surface area contributed by atoms with Gasteiger partial charge in [-0.3, -0.25) is 4.79 Å². The number of carbonyl (C=O) groups excluding carboxylic acids is 1. The summed E-state index contributed by atoms with van der Waals surface area (Å²) in [5.74, 6) is -0.0272. The van der Waals surface area contributed by atoms with Gasteiger partial charge in [0.25, 0.3) is 0 Å². The summed E-state index contributed by atoms with van der Waals surface area (Å²) in [6.07, 6.45) is 1.31. The first kappa shape index (κ1) is 6.75. The average molecular weight is 134 g/mol. The first-order valence-corrected chi connectivity index (χ1v) is 3.06. The normalized spacial score (nSPS) is 8.80. The Hall–Kier alpha value is -1.37. The van der Waals surface area contributed by atoms with Crippen LogP contribution in [-0.2, 0) is 0 Å². The quantitative estimate of drug-likeness (QED) is 0.447. The van der Waals surface area contributed by atoms with E-state index in [1.807, 2.05) is 18.2 Å². The molecule has 0 aromatic heterocycles. The maximum absolute atomic E-state index is 10.9. The van der Waals surface area contributed by atoms with E-state index in [1.54, 1.807) is 12.1 Å². The Bertz CT molecular complexity index is 236. The predicted octanol–water partition coefficient (Wildman–Crippen LogP) is 2.06. The fourth-order valence-electron chi connectivity index (χ4n) is 0.720. The second-order valence-corrected chi connectivity index (χ2v) is 1.93. The zero-order valence-corrected chi connectivity index (χ0v) is 5.58. The molecule has 1 rings (SSSR count). The van der Waals surface area contributed by atoms with Crippen LogP contribution in [0.15, 0.2) is 43.0 Å². The van der Waals surface area contributed by atoms with Crippen LogP contribution < -0.4 is 0 Å². The minimum absolute atomic E-state index is 0.0272. The van der Waals surface area contributed by atoms with Gasteiger partial charge in [-0.2, -0.15) is 0 Å². The van der Waals surface area contributed by atoms with Crippen LogP contribution in [-0.4, -0.2) is 5.78 Å². The van der Waals surface area contributed by atoms with E-state index in [-0.39, 0.29) is 5.78 Å². The number of benzene rings is 1. The highest BCUT2D eigenvalue weighted by molar-refractivity contribution is 6.04. The van der Waals surface area contributed by atoms with Gasteiger partial charge < -0.3 is 0 Å². The van der Waals surface area contributed by atoms with Crippen LogP contribution in [0.5, 0.6) is 0 Å². The van der Waals surface area contributed by atoms with E-state index >= 15 is 0 Å². The Morgan fingerprint density at radius 2 is 1.90 bits per heavy atom. The minimum atomic E-state index is -0.0272. The smallest absolute Gasteiger partial charge is 0.185 e. The van der Waals surface area contributed by atoms with Crippen molar-refractivity contribution in [3.63, 3.8) is 0 Å². The van der Waals surface area contributed by atoms with Crippen LogP contribution in [0.1, 0.15) is 10.4 Å². The lowest BCUT2D eigenvalue weighted by Crippen LogP contribution is -1.90. The fraction of sp³-hybridized carbons (Fsp3) is 0. The molecule has 0 heterocycles. The summed E-state index contributed by atoms with van der Waals surface area (Å²) in [5, 5.41) is 0. The summed E-state index contributed by atoms with van der Waals surface area (Å²) in [6.45, 7) is 3.39. The molecule has 50 valence electrons. The molecule has 0 bridgehead atoms. The molecule has 0 aliphatic rings. The summed E-state index contributed by atoms with van der Waals surface area (Å²) in [4.78, 5) is 10.9. The van der Waals surface area contributed by atoms with Crippen molar-refractivity contribution in [3.8, 4) is 0 Å². The van der Waals surface area contributed by atoms with Crippen molar-refractivity contribution in [3.05, 3.63) is 48.6 Å². The summed E-state index contributed by atoms with van der Waals surface area (Å²) in [5.41, 5.74) is 0.692. The average Bonchev–Trinajstić information content (AvgIpc) is 2.05. The number of ketones is 1. The van der Waals surface area contributed by atoms with Crippen LogP contribution in [0, 0.1) is 0 Å². The Morgan fingerprint density at radius 3 is 2.40 bits per heavy atom. The lowest BCUT2D eigenvalue weighted by atomic mass is 10.3. The van der Waals surface area contributed by atoms with E-state index in [1.165, 1.54) is 6.08 Å². The monoisotopic (exact) mass is 134 g/mol. The number of carbonyl (C=O) groups is 1.